The first-order valence-electron chi connectivity index (χ1n) is 5.75. The van der Waals surface area contributed by atoms with Crippen molar-refractivity contribution in [2.24, 2.45) is 0 Å². The van der Waals surface area contributed by atoms with E-state index in [0.717, 1.165) is 15.3 Å². The van der Waals surface area contributed by atoms with Crippen LogP contribution in [0.4, 0.5) is 0 Å². The Balaban J connectivity index is 2.06. The Bertz CT molecular complexity index is 450. The van der Waals surface area contributed by atoms with Gasteiger partial charge in [-0.2, -0.15) is 0 Å². The molecule has 0 aliphatic carbocycles. The van der Waals surface area contributed by atoms with E-state index in [1.54, 1.807) is 7.11 Å². The predicted octanol–water partition coefficient (Wildman–Crippen LogP) is 2.79. The summed E-state index contributed by atoms with van der Waals surface area (Å²) in [7, 11) is 2.51. The maximum atomic E-state index is 5.17. The maximum absolute atomic E-state index is 5.17. The fourth-order valence-corrected chi connectivity index (χ4v) is 3.00. The van der Waals surface area contributed by atoms with Gasteiger partial charge in [-0.05, 0) is 23.2 Å². The van der Waals surface area contributed by atoms with Gasteiger partial charge in [0.1, 0.15) is 5.75 Å². The molecule has 2 aromatic rings. The molecule has 86 valence electrons. The topological polar surface area (TPSA) is 9.23 Å². The number of methoxy groups -OCH3 is 1. The van der Waals surface area contributed by atoms with Crippen molar-refractivity contribution in [3.8, 4) is 5.75 Å². The van der Waals surface area contributed by atoms with Crippen LogP contribution in [-0.4, -0.2) is 16.6 Å². The summed E-state index contributed by atoms with van der Waals surface area (Å²) in [5.74, 6) is 0.920. The predicted molar refractivity (Wildman–Crippen MR) is 73.2 cm³/mol. The summed E-state index contributed by atoms with van der Waals surface area (Å²) in [6.45, 7) is 2.27. The second-order valence-corrected chi connectivity index (χ2v) is 5.74. The van der Waals surface area contributed by atoms with Crippen LogP contribution in [0.25, 0.3) is 0 Å². The quantitative estimate of drug-likeness (QED) is 0.747. The molecule has 0 bridgehead atoms. The van der Waals surface area contributed by atoms with E-state index in [1.165, 1.54) is 10.8 Å². The monoisotopic (exact) mass is 240 g/mol. The molecule has 0 aliphatic heterocycles. The van der Waals surface area contributed by atoms with Crippen LogP contribution in [0.15, 0.2) is 54.6 Å². The first kappa shape index (κ1) is 11.9. The van der Waals surface area contributed by atoms with Gasteiger partial charge in [-0.15, -0.1) is 0 Å². The van der Waals surface area contributed by atoms with Gasteiger partial charge in [-0.25, -0.2) is 0 Å². The molecule has 1 unspecified atom stereocenters. The smallest absolute Gasteiger partial charge is 0.118 e. The molecule has 17 heavy (non-hydrogen) atoms. The third-order valence-corrected chi connectivity index (χ3v) is 4.21. The van der Waals surface area contributed by atoms with Crippen LogP contribution in [0, 0.1) is 0 Å². The van der Waals surface area contributed by atoms with Crippen molar-refractivity contribution in [3.05, 3.63) is 60.2 Å². The lowest BCUT2D eigenvalue weighted by molar-refractivity contribution is 0.414. The van der Waals surface area contributed by atoms with Crippen molar-refractivity contribution in [2.45, 2.75) is 12.5 Å². The van der Waals surface area contributed by atoms with E-state index < -0.39 is 0 Å². The lowest BCUT2D eigenvalue weighted by Gasteiger charge is -2.11. The minimum absolute atomic E-state index is 0.559. The highest BCUT2D eigenvalue weighted by Crippen LogP contribution is 2.18. The zero-order chi connectivity index (χ0) is 12.1. The highest BCUT2D eigenvalue weighted by atomic mass is 28.2. The van der Waals surface area contributed by atoms with E-state index in [4.69, 9.17) is 4.74 Å². The average Bonchev–Trinajstić information content (AvgIpc) is 2.40. The largest absolute Gasteiger partial charge is 0.497 e. The van der Waals surface area contributed by atoms with Crippen LogP contribution in [-0.2, 0) is 0 Å². The van der Waals surface area contributed by atoms with Crippen molar-refractivity contribution in [1.29, 1.82) is 0 Å². The Morgan fingerprint density at radius 2 is 1.59 bits per heavy atom. The van der Waals surface area contributed by atoms with Gasteiger partial charge in [0, 0.05) is 0 Å². The lowest BCUT2D eigenvalue weighted by Crippen LogP contribution is -2.19. The molecule has 0 aliphatic rings. The van der Waals surface area contributed by atoms with Gasteiger partial charge in [0.15, 0.2) is 0 Å². The number of benzene rings is 2. The molecule has 2 aromatic carbocycles. The third kappa shape index (κ3) is 3.20. The molecule has 1 atom stereocenters. The van der Waals surface area contributed by atoms with Crippen molar-refractivity contribution >= 4 is 14.7 Å². The molecule has 2 rings (SSSR count). The SMILES string of the molecule is COc1ccc(C(C)[Si]c2ccccc2)cc1. The van der Waals surface area contributed by atoms with E-state index in [1.807, 2.05) is 12.1 Å². The van der Waals surface area contributed by atoms with Crippen LogP contribution in [0.2, 0.25) is 0 Å². The van der Waals surface area contributed by atoms with E-state index >= 15 is 0 Å². The minimum Gasteiger partial charge on any atom is -0.497 e. The van der Waals surface area contributed by atoms with E-state index in [2.05, 4.69) is 49.4 Å². The Kier molecular flexibility index (Phi) is 3.99. The maximum Gasteiger partial charge on any atom is 0.118 e. The van der Waals surface area contributed by atoms with Crippen molar-refractivity contribution in [3.63, 3.8) is 0 Å². The standard InChI is InChI=1S/C15H16OSi/c1-12(17-15-6-4-3-5-7-15)13-8-10-14(16-2)11-9-13/h3-12H,1-2H3. The van der Waals surface area contributed by atoms with Gasteiger partial charge in [-0.3, -0.25) is 0 Å². The molecule has 0 saturated heterocycles. The van der Waals surface area contributed by atoms with E-state index in [0.29, 0.717) is 5.54 Å². The molecule has 0 spiro atoms. The van der Waals surface area contributed by atoms with Crippen LogP contribution < -0.4 is 9.92 Å². The number of hydrogen-bond donors (Lipinski definition) is 0. The third-order valence-electron chi connectivity index (χ3n) is 2.77. The zero-order valence-electron chi connectivity index (χ0n) is 10.2. The van der Waals surface area contributed by atoms with Gasteiger partial charge < -0.3 is 4.74 Å². The van der Waals surface area contributed by atoms with Crippen molar-refractivity contribution in [2.75, 3.05) is 7.11 Å². The molecular weight excluding hydrogens is 224 g/mol. The Morgan fingerprint density at radius 1 is 0.941 bits per heavy atom. The number of rotatable bonds is 4. The molecule has 0 saturated carbocycles. The van der Waals surface area contributed by atoms with Gasteiger partial charge in [-0.1, -0.05) is 54.6 Å². The second kappa shape index (κ2) is 5.69. The summed E-state index contributed by atoms with van der Waals surface area (Å²) in [6, 6.07) is 19.0. The minimum atomic E-state index is 0.559. The average molecular weight is 240 g/mol. The summed E-state index contributed by atoms with van der Waals surface area (Å²) in [6.07, 6.45) is 0. The van der Waals surface area contributed by atoms with Crippen LogP contribution in [0.3, 0.4) is 0 Å². The zero-order valence-corrected chi connectivity index (χ0v) is 11.2. The molecule has 0 amide bonds. The van der Waals surface area contributed by atoms with Crippen LogP contribution in [0.1, 0.15) is 18.0 Å². The highest BCUT2D eigenvalue weighted by Gasteiger charge is 2.07. The highest BCUT2D eigenvalue weighted by molar-refractivity contribution is 6.54. The van der Waals surface area contributed by atoms with E-state index in [-0.39, 0.29) is 0 Å². The molecule has 1 nitrogen and oxygen atoms in total. The lowest BCUT2D eigenvalue weighted by atomic mass is 10.1. The molecule has 0 N–H and O–H groups in total. The fraction of sp³-hybridized carbons (Fsp3) is 0.200. The molecule has 2 heteroatoms. The molecule has 0 fully saturated rings. The summed E-state index contributed by atoms with van der Waals surface area (Å²) in [5, 5.41) is 1.41. The second-order valence-electron chi connectivity index (χ2n) is 4.01. The van der Waals surface area contributed by atoms with Gasteiger partial charge >= 0.3 is 0 Å². The Labute approximate surface area is 105 Å². The Morgan fingerprint density at radius 3 is 2.18 bits per heavy atom. The molecule has 0 heterocycles. The van der Waals surface area contributed by atoms with Crippen molar-refractivity contribution < 1.29 is 4.74 Å². The van der Waals surface area contributed by atoms with Crippen LogP contribution in [0.5, 0.6) is 5.75 Å². The summed E-state index contributed by atoms with van der Waals surface area (Å²) < 4.78 is 5.17. The first-order valence-corrected chi connectivity index (χ1v) is 6.83. The number of hydrogen-bond acceptors (Lipinski definition) is 1. The van der Waals surface area contributed by atoms with Gasteiger partial charge in [0.25, 0.3) is 0 Å². The summed E-state index contributed by atoms with van der Waals surface area (Å²) in [5.41, 5.74) is 1.93. The van der Waals surface area contributed by atoms with Crippen LogP contribution >= 0.6 is 0 Å². The van der Waals surface area contributed by atoms with Gasteiger partial charge in [0.2, 0.25) is 0 Å². The first-order chi connectivity index (χ1) is 8.29. The normalized spacial score (nSPS) is 12.1. The Hall–Kier alpha value is -1.54. The summed E-state index contributed by atoms with van der Waals surface area (Å²) >= 11 is 0. The molecule has 0 aromatic heterocycles. The molecular formula is C15H16OSi. The van der Waals surface area contributed by atoms with E-state index in [9.17, 15) is 0 Å². The summed E-state index contributed by atoms with van der Waals surface area (Å²) in [4.78, 5) is 0. The number of ether oxygens (including phenoxy) is 1. The van der Waals surface area contributed by atoms with Gasteiger partial charge in [0.05, 0.1) is 16.6 Å². The fourth-order valence-electron chi connectivity index (χ4n) is 1.76. The molecule has 2 radical (unpaired) electrons. The van der Waals surface area contributed by atoms with Crippen molar-refractivity contribution in [1.82, 2.24) is 0 Å².